The van der Waals surface area contributed by atoms with Gasteiger partial charge in [-0.1, -0.05) is 36.6 Å². The Morgan fingerprint density at radius 1 is 1.45 bits per heavy atom. The Kier molecular flexibility index (Phi) is 4.67. The van der Waals surface area contributed by atoms with Crippen LogP contribution in [-0.4, -0.2) is 17.4 Å². The fourth-order valence-corrected chi connectivity index (χ4v) is 3.05. The number of hydrogen-bond donors (Lipinski definition) is 0. The van der Waals surface area contributed by atoms with Crippen molar-refractivity contribution in [1.29, 1.82) is 5.26 Å². The Balaban J connectivity index is 2.16. The summed E-state index contributed by atoms with van der Waals surface area (Å²) in [6, 6.07) is 9.79. The monoisotopic (exact) mass is 290 g/mol. The van der Waals surface area contributed by atoms with Gasteiger partial charge in [-0.25, -0.2) is 0 Å². The molecule has 4 heteroatoms. The molecule has 1 aromatic rings. The number of carbonyl (C=O) groups excluding carboxylic acids is 1. The average molecular weight is 291 g/mol. The van der Waals surface area contributed by atoms with E-state index in [0.29, 0.717) is 31.0 Å². The van der Waals surface area contributed by atoms with Crippen molar-refractivity contribution in [2.75, 3.05) is 6.54 Å². The first kappa shape index (κ1) is 14.9. The van der Waals surface area contributed by atoms with Crippen LogP contribution < -0.4 is 0 Å². The van der Waals surface area contributed by atoms with E-state index >= 15 is 0 Å². The van der Waals surface area contributed by atoms with Crippen LogP contribution in [0.4, 0.5) is 0 Å². The molecule has 0 aromatic heterocycles. The molecule has 106 valence electrons. The van der Waals surface area contributed by atoms with Crippen molar-refractivity contribution in [3.63, 3.8) is 0 Å². The molecule has 0 aliphatic heterocycles. The van der Waals surface area contributed by atoms with Gasteiger partial charge in [0.15, 0.2) is 0 Å². The van der Waals surface area contributed by atoms with E-state index in [4.69, 9.17) is 11.6 Å². The van der Waals surface area contributed by atoms with Crippen LogP contribution in [-0.2, 0) is 11.3 Å². The molecule has 1 aliphatic rings. The standard InChI is InChI=1S/C16H19ClN2O/c1-2-19(11-13-6-5-7-14(17)10-13)15(20)16(12-18)8-3-4-9-16/h5-7,10H,2-4,8-9,11H2,1H3. The molecule has 1 fully saturated rings. The third kappa shape index (κ3) is 2.96. The van der Waals surface area contributed by atoms with Crippen molar-refractivity contribution in [3.8, 4) is 6.07 Å². The summed E-state index contributed by atoms with van der Waals surface area (Å²) in [5.74, 6) is -0.0278. The normalized spacial score (nSPS) is 16.6. The summed E-state index contributed by atoms with van der Waals surface area (Å²) >= 11 is 5.98. The van der Waals surface area contributed by atoms with Gasteiger partial charge in [0.25, 0.3) is 0 Å². The molecule has 0 radical (unpaired) electrons. The number of carbonyl (C=O) groups is 1. The lowest BCUT2D eigenvalue weighted by atomic mass is 9.86. The van der Waals surface area contributed by atoms with E-state index in [-0.39, 0.29) is 5.91 Å². The summed E-state index contributed by atoms with van der Waals surface area (Å²) < 4.78 is 0. The van der Waals surface area contributed by atoms with Gasteiger partial charge < -0.3 is 4.90 Å². The van der Waals surface area contributed by atoms with Crippen LogP contribution in [0.2, 0.25) is 5.02 Å². The minimum absolute atomic E-state index is 0.0278. The minimum Gasteiger partial charge on any atom is -0.337 e. The number of rotatable bonds is 4. The van der Waals surface area contributed by atoms with Crippen LogP contribution in [0.5, 0.6) is 0 Å². The molecule has 20 heavy (non-hydrogen) atoms. The molecule has 1 aliphatic carbocycles. The Morgan fingerprint density at radius 3 is 2.70 bits per heavy atom. The molecule has 0 saturated heterocycles. The highest BCUT2D eigenvalue weighted by Gasteiger charge is 2.43. The smallest absolute Gasteiger partial charge is 0.243 e. The first-order valence-electron chi connectivity index (χ1n) is 7.06. The van der Waals surface area contributed by atoms with Crippen molar-refractivity contribution in [2.24, 2.45) is 5.41 Å². The summed E-state index contributed by atoms with van der Waals surface area (Å²) in [5.41, 5.74) is 0.202. The second-order valence-corrected chi connectivity index (χ2v) is 5.79. The Bertz CT molecular complexity index is 530. The van der Waals surface area contributed by atoms with E-state index in [1.807, 2.05) is 31.2 Å². The lowest BCUT2D eigenvalue weighted by Crippen LogP contribution is -2.41. The van der Waals surface area contributed by atoms with Crippen LogP contribution in [0, 0.1) is 16.7 Å². The first-order valence-corrected chi connectivity index (χ1v) is 7.44. The van der Waals surface area contributed by atoms with Gasteiger partial charge in [-0.15, -0.1) is 0 Å². The van der Waals surface area contributed by atoms with Gasteiger partial charge in [-0.05, 0) is 37.5 Å². The van der Waals surface area contributed by atoms with Crippen LogP contribution in [0.15, 0.2) is 24.3 Å². The fourth-order valence-electron chi connectivity index (χ4n) is 2.84. The van der Waals surface area contributed by atoms with Gasteiger partial charge >= 0.3 is 0 Å². The fraction of sp³-hybridized carbons (Fsp3) is 0.500. The highest BCUT2D eigenvalue weighted by atomic mass is 35.5. The Hall–Kier alpha value is -1.53. The van der Waals surface area contributed by atoms with Gasteiger partial charge in [0.1, 0.15) is 5.41 Å². The molecule has 0 bridgehead atoms. The maximum Gasteiger partial charge on any atom is 0.243 e. The molecule has 0 N–H and O–H groups in total. The quantitative estimate of drug-likeness (QED) is 0.847. The second-order valence-electron chi connectivity index (χ2n) is 5.35. The van der Waals surface area contributed by atoms with Crippen molar-refractivity contribution < 1.29 is 4.79 Å². The zero-order valence-corrected chi connectivity index (χ0v) is 12.5. The predicted molar refractivity (Wildman–Crippen MR) is 79.1 cm³/mol. The van der Waals surface area contributed by atoms with Gasteiger partial charge in [-0.2, -0.15) is 5.26 Å². The highest BCUT2D eigenvalue weighted by Crippen LogP contribution is 2.39. The number of halogens is 1. The number of nitrogens with zero attached hydrogens (tertiary/aromatic N) is 2. The van der Waals surface area contributed by atoms with Crippen LogP contribution in [0.25, 0.3) is 0 Å². The van der Waals surface area contributed by atoms with Crippen molar-refractivity contribution in [3.05, 3.63) is 34.9 Å². The summed E-state index contributed by atoms with van der Waals surface area (Å²) in [5, 5.41) is 10.1. The molecule has 1 saturated carbocycles. The minimum atomic E-state index is -0.797. The maximum atomic E-state index is 12.7. The molecule has 1 aromatic carbocycles. The molecule has 3 nitrogen and oxygen atoms in total. The second kappa shape index (κ2) is 6.28. The Labute approximate surface area is 125 Å². The van der Waals surface area contributed by atoms with Gasteiger partial charge in [0, 0.05) is 18.1 Å². The lowest BCUT2D eigenvalue weighted by molar-refractivity contribution is -0.139. The predicted octanol–water partition coefficient (Wildman–Crippen LogP) is 3.77. The van der Waals surface area contributed by atoms with Crippen molar-refractivity contribution >= 4 is 17.5 Å². The molecule has 2 rings (SSSR count). The molecule has 0 atom stereocenters. The van der Waals surface area contributed by atoms with E-state index in [1.54, 1.807) is 4.90 Å². The number of nitriles is 1. The summed E-state index contributed by atoms with van der Waals surface area (Å²) in [7, 11) is 0. The maximum absolute atomic E-state index is 12.7. The van der Waals surface area contributed by atoms with Crippen molar-refractivity contribution in [2.45, 2.75) is 39.2 Å². The third-order valence-electron chi connectivity index (χ3n) is 4.01. The highest BCUT2D eigenvalue weighted by molar-refractivity contribution is 6.30. The molecule has 0 heterocycles. The van der Waals surface area contributed by atoms with E-state index in [9.17, 15) is 10.1 Å². The van der Waals surface area contributed by atoms with E-state index in [2.05, 4.69) is 6.07 Å². The van der Waals surface area contributed by atoms with Crippen LogP contribution in [0.3, 0.4) is 0 Å². The lowest BCUT2D eigenvalue weighted by Gasteiger charge is -2.29. The van der Waals surface area contributed by atoms with E-state index < -0.39 is 5.41 Å². The van der Waals surface area contributed by atoms with Gasteiger partial charge in [0.05, 0.1) is 6.07 Å². The summed E-state index contributed by atoms with van der Waals surface area (Å²) in [4.78, 5) is 14.5. The molecule has 0 spiro atoms. The topological polar surface area (TPSA) is 44.1 Å². The van der Waals surface area contributed by atoms with E-state index in [1.165, 1.54) is 0 Å². The summed E-state index contributed by atoms with van der Waals surface area (Å²) in [6.07, 6.45) is 3.31. The van der Waals surface area contributed by atoms with Crippen LogP contribution in [0.1, 0.15) is 38.2 Å². The number of amides is 1. The molecule has 1 amide bonds. The summed E-state index contributed by atoms with van der Waals surface area (Å²) in [6.45, 7) is 3.07. The molecular formula is C16H19ClN2O. The van der Waals surface area contributed by atoms with Gasteiger partial charge in [-0.3, -0.25) is 4.79 Å². The zero-order chi connectivity index (χ0) is 14.6. The Morgan fingerprint density at radius 2 is 2.15 bits per heavy atom. The van der Waals surface area contributed by atoms with Crippen molar-refractivity contribution in [1.82, 2.24) is 4.90 Å². The van der Waals surface area contributed by atoms with Gasteiger partial charge in [0.2, 0.25) is 5.91 Å². The largest absolute Gasteiger partial charge is 0.337 e. The number of hydrogen-bond acceptors (Lipinski definition) is 2. The zero-order valence-electron chi connectivity index (χ0n) is 11.7. The SMILES string of the molecule is CCN(Cc1cccc(Cl)c1)C(=O)C1(C#N)CCCC1. The van der Waals surface area contributed by atoms with Crippen LogP contribution >= 0.6 is 11.6 Å². The average Bonchev–Trinajstić information content (AvgIpc) is 2.94. The number of benzene rings is 1. The molecular weight excluding hydrogens is 272 g/mol. The van der Waals surface area contributed by atoms with E-state index in [0.717, 1.165) is 18.4 Å². The molecule has 0 unspecified atom stereocenters. The third-order valence-corrected chi connectivity index (χ3v) is 4.25. The first-order chi connectivity index (χ1) is 9.61.